The third-order valence-corrected chi connectivity index (χ3v) is 3.43. The second-order valence-corrected chi connectivity index (χ2v) is 4.78. The van der Waals surface area contributed by atoms with Crippen molar-refractivity contribution in [2.24, 2.45) is 0 Å². The van der Waals surface area contributed by atoms with Gasteiger partial charge in [-0.2, -0.15) is 0 Å². The minimum Gasteiger partial charge on any atom is -0.322 e. The first-order valence-corrected chi connectivity index (χ1v) is 6.18. The zero-order valence-corrected chi connectivity index (χ0v) is 10.9. The molecule has 3 nitrogen and oxygen atoms in total. The lowest BCUT2D eigenvalue weighted by atomic mass is 10.0. The Kier molecular flexibility index (Phi) is 3.20. The van der Waals surface area contributed by atoms with Gasteiger partial charge >= 0.3 is 0 Å². The average Bonchev–Trinajstić information content (AvgIpc) is 2.55. The van der Waals surface area contributed by atoms with E-state index in [2.05, 4.69) is 37.4 Å². The quantitative estimate of drug-likeness (QED) is 0.847. The van der Waals surface area contributed by atoms with E-state index in [1.54, 1.807) is 0 Å². The molecular weight excluding hydrogens is 212 g/mol. The van der Waals surface area contributed by atoms with E-state index in [4.69, 9.17) is 0 Å². The number of amides is 1. The van der Waals surface area contributed by atoms with Gasteiger partial charge in [0.15, 0.2) is 0 Å². The standard InChI is InChI=1S/C14H20N2O/c1-5-16-13(15-11(4)14(16)17)12-7-6-9(2)8-10(12)3/h6-8,11,13,15H,5H2,1-4H3. The number of likely N-dealkylation sites (N-methyl/N-ethyl adjacent to an activating group) is 1. The molecule has 2 unspecified atom stereocenters. The van der Waals surface area contributed by atoms with Gasteiger partial charge in [0.25, 0.3) is 0 Å². The van der Waals surface area contributed by atoms with Crippen molar-refractivity contribution in [3.05, 3.63) is 34.9 Å². The number of rotatable bonds is 2. The summed E-state index contributed by atoms with van der Waals surface area (Å²) in [6.07, 6.45) is 0.0306. The van der Waals surface area contributed by atoms with Crippen molar-refractivity contribution >= 4 is 5.91 Å². The molecule has 1 N–H and O–H groups in total. The Morgan fingerprint density at radius 1 is 1.35 bits per heavy atom. The molecule has 1 heterocycles. The number of aryl methyl sites for hydroxylation is 2. The van der Waals surface area contributed by atoms with E-state index in [-0.39, 0.29) is 18.1 Å². The van der Waals surface area contributed by atoms with Gasteiger partial charge in [-0.3, -0.25) is 10.1 Å². The summed E-state index contributed by atoms with van der Waals surface area (Å²) >= 11 is 0. The average molecular weight is 232 g/mol. The van der Waals surface area contributed by atoms with E-state index in [0.29, 0.717) is 0 Å². The van der Waals surface area contributed by atoms with Gasteiger partial charge in [0, 0.05) is 6.54 Å². The van der Waals surface area contributed by atoms with Crippen LogP contribution in [0.5, 0.6) is 0 Å². The molecule has 1 fully saturated rings. The SMILES string of the molecule is CCN1C(=O)C(C)NC1c1ccc(C)cc1C. The number of hydrogen-bond donors (Lipinski definition) is 1. The summed E-state index contributed by atoms with van der Waals surface area (Å²) in [6.45, 7) is 8.88. The first kappa shape index (κ1) is 12.1. The number of nitrogens with one attached hydrogen (secondary N) is 1. The topological polar surface area (TPSA) is 32.3 Å². The van der Waals surface area contributed by atoms with E-state index in [1.807, 2.05) is 18.7 Å². The van der Waals surface area contributed by atoms with Gasteiger partial charge in [-0.25, -0.2) is 0 Å². The van der Waals surface area contributed by atoms with Crippen LogP contribution in [0.1, 0.15) is 36.7 Å². The maximum Gasteiger partial charge on any atom is 0.241 e. The molecule has 1 saturated heterocycles. The van der Waals surface area contributed by atoms with Crippen LogP contribution < -0.4 is 5.32 Å². The fraction of sp³-hybridized carbons (Fsp3) is 0.500. The molecule has 0 saturated carbocycles. The monoisotopic (exact) mass is 232 g/mol. The summed E-state index contributed by atoms with van der Waals surface area (Å²) < 4.78 is 0. The van der Waals surface area contributed by atoms with Crippen molar-refractivity contribution in [2.45, 2.75) is 39.9 Å². The van der Waals surface area contributed by atoms with Gasteiger partial charge in [-0.05, 0) is 38.8 Å². The molecule has 1 aromatic rings. The van der Waals surface area contributed by atoms with Crippen molar-refractivity contribution in [3.8, 4) is 0 Å². The maximum absolute atomic E-state index is 12.0. The van der Waals surface area contributed by atoms with Gasteiger partial charge in [0.05, 0.1) is 6.04 Å². The Hall–Kier alpha value is -1.35. The fourth-order valence-electron chi connectivity index (χ4n) is 2.50. The molecule has 17 heavy (non-hydrogen) atoms. The van der Waals surface area contributed by atoms with Crippen LogP contribution in [0.3, 0.4) is 0 Å². The highest BCUT2D eigenvalue weighted by molar-refractivity contribution is 5.84. The van der Waals surface area contributed by atoms with E-state index in [0.717, 1.165) is 6.54 Å². The van der Waals surface area contributed by atoms with Crippen LogP contribution in [-0.4, -0.2) is 23.4 Å². The van der Waals surface area contributed by atoms with Crippen LogP contribution in [0.4, 0.5) is 0 Å². The molecule has 0 aromatic heterocycles. The number of carbonyl (C=O) groups is 1. The Morgan fingerprint density at radius 3 is 2.65 bits per heavy atom. The summed E-state index contributed by atoms with van der Waals surface area (Å²) in [5.74, 6) is 0.192. The maximum atomic E-state index is 12.0. The van der Waals surface area contributed by atoms with E-state index < -0.39 is 0 Å². The largest absolute Gasteiger partial charge is 0.322 e. The molecule has 92 valence electrons. The second-order valence-electron chi connectivity index (χ2n) is 4.78. The number of hydrogen-bond acceptors (Lipinski definition) is 2. The second kappa shape index (κ2) is 4.49. The van der Waals surface area contributed by atoms with Crippen LogP contribution >= 0.6 is 0 Å². The Bertz CT molecular complexity index is 442. The van der Waals surface area contributed by atoms with Crippen molar-refractivity contribution < 1.29 is 4.79 Å². The van der Waals surface area contributed by atoms with Gasteiger partial charge in [0.2, 0.25) is 5.91 Å². The number of benzene rings is 1. The summed E-state index contributed by atoms with van der Waals surface area (Å²) in [7, 11) is 0. The predicted octanol–water partition coefficient (Wildman–Crippen LogP) is 2.14. The zero-order chi connectivity index (χ0) is 12.6. The molecule has 1 aromatic carbocycles. The van der Waals surface area contributed by atoms with Crippen molar-refractivity contribution in [3.63, 3.8) is 0 Å². The van der Waals surface area contributed by atoms with Crippen LogP contribution in [-0.2, 0) is 4.79 Å². The molecule has 0 bridgehead atoms. The van der Waals surface area contributed by atoms with Crippen molar-refractivity contribution in [1.82, 2.24) is 10.2 Å². The van der Waals surface area contributed by atoms with Gasteiger partial charge < -0.3 is 4.90 Å². The minimum atomic E-state index is -0.0827. The van der Waals surface area contributed by atoms with Crippen molar-refractivity contribution in [2.75, 3.05) is 6.54 Å². The van der Waals surface area contributed by atoms with Gasteiger partial charge in [-0.1, -0.05) is 23.8 Å². The van der Waals surface area contributed by atoms with E-state index in [1.165, 1.54) is 16.7 Å². The van der Waals surface area contributed by atoms with E-state index >= 15 is 0 Å². The molecule has 1 amide bonds. The Balaban J connectivity index is 2.36. The first-order valence-electron chi connectivity index (χ1n) is 6.18. The normalized spacial score (nSPS) is 24.5. The fourth-order valence-corrected chi connectivity index (χ4v) is 2.50. The lowest BCUT2D eigenvalue weighted by molar-refractivity contribution is -0.129. The summed E-state index contributed by atoms with van der Waals surface area (Å²) in [5.41, 5.74) is 3.70. The predicted molar refractivity (Wildman–Crippen MR) is 68.6 cm³/mol. The minimum absolute atomic E-state index is 0.0306. The molecule has 1 aliphatic rings. The molecule has 2 rings (SSSR count). The summed E-state index contributed by atoms with van der Waals surface area (Å²) in [5, 5.41) is 3.36. The van der Waals surface area contributed by atoms with Gasteiger partial charge in [-0.15, -0.1) is 0 Å². The zero-order valence-electron chi connectivity index (χ0n) is 10.9. The lowest BCUT2D eigenvalue weighted by Crippen LogP contribution is -2.30. The van der Waals surface area contributed by atoms with Gasteiger partial charge in [0.1, 0.15) is 6.17 Å². The molecule has 0 aliphatic carbocycles. The Morgan fingerprint density at radius 2 is 2.06 bits per heavy atom. The van der Waals surface area contributed by atoms with Crippen LogP contribution in [0.2, 0.25) is 0 Å². The molecular formula is C14H20N2O. The Labute approximate surface area is 103 Å². The molecule has 2 atom stereocenters. The molecule has 0 radical (unpaired) electrons. The third-order valence-electron chi connectivity index (χ3n) is 3.43. The molecule has 0 spiro atoms. The van der Waals surface area contributed by atoms with Crippen molar-refractivity contribution in [1.29, 1.82) is 0 Å². The highest BCUT2D eigenvalue weighted by Crippen LogP contribution is 2.27. The number of nitrogens with zero attached hydrogens (tertiary/aromatic N) is 1. The van der Waals surface area contributed by atoms with Crippen LogP contribution in [0, 0.1) is 13.8 Å². The lowest BCUT2D eigenvalue weighted by Gasteiger charge is -2.24. The number of carbonyl (C=O) groups excluding carboxylic acids is 1. The summed E-state index contributed by atoms with van der Waals surface area (Å²) in [6, 6.07) is 6.31. The highest BCUT2D eigenvalue weighted by Gasteiger charge is 2.36. The third kappa shape index (κ3) is 2.07. The highest BCUT2D eigenvalue weighted by atomic mass is 16.2. The smallest absolute Gasteiger partial charge is 0.241 e. The first-order chi connectivity index (χ1) is 8.04. The van der Waals surface area contributed by atoms with E-state index in [9.17, 15) is 4.79 Å². The molecule has 3 heteroatoms. The molecule has 1 aliphatic heterocycles. The van der Waals surface area contributed by atoms with Crippen LogP contribution in [0.15, 0.2) is 18.2 Å². The van der Waals surface area contributed by atoms with Crippen LogP contribution in [0.25, 0.3) is 0 Å². The summed E-state index contributed by atoms with van der Waals surface area (Å²) in [4.78, 5) is 13.9.